The van der Waals surface area contributed by atoms with Crippen molar-refractivity contribution in [3.05, 3.63) is 42.0 Å². The summed E-state index contributed by atoms with van der Waals surface area (Å²) in [6, 6.07) is 7.48. The Balaban J connectivity index is 1.19. The maximum Gasteiger partial charge on any atom is 0.255 e. The van der Waals surface area contributed by atoms with E-state index in [1.807, 2.05) is 42.2 Å². The molecule has 0 radical (unpaired) electrons. The van der Waals surface area contributed by atoms with Crippen molar-refractivity contribution in [2.75, 3.05) is 31.5 Å². The van der Waals surface area contributed by atoms with Crippen molar-refractivity contribution < 1.29 is 19.1 Å². The van der Waals surface area contributed by atoms with Crippen molar-refractivity contribution in [3.8, 4) is 0 Å². The van der Waals surface area contributed by atoms with Crippen molar-refractivity contribution in [1.82, 2.24) is 15.1 Å². The second-order valence-electron chi connectivity index (χ2n) is 9.28. The van der Waals surface area contributed by atoms with Gasteiger partial charge in [0.2, 0.25) is 11.8 Å². The molecule has 2 bridgehead atoms. The molecular weight excluding hydrogens is 396 g/mol. The van der Waals surface area contributed by atoms with Crippen LogP contribution in [0, 0.1) is 11.8 Å². The summed E-state index contributed by atoms with van der Waals surface area (Å²) >= 11 is 0. The van der Waals surface area contributed by atoms with E-state index in [9.17, 15) is 14.4 Å². The van der Waals surface area contributed by atoms with Crippen LogP contribution in [0.2, 0.25) is 0 Å². The van der Waals surface area contributed by atoms with Crippen molar-refractivity contribution in [1.29, 1.82) is 0 Å². The SMILES string of the molecule is CCN1C[C@@]23C=C[C@@H](O2)[C@H](C(=O)N2CCC4(CC2)NC(=O)c2ccccc2N4)[C@H]3C1=O. The number of amides is 3. The number of carbonyl (C=O) groups excluding carboxylic acids is 3. The normalized spacial score (nSPS) is 34.5. The molecule has 3 fully saturated rings. The van der Waals surface area contributed by atoms with Crippen LogP contribution in [0.4, 0.5) is 5.69 Å². The Morgan fingerprint density at radius 2 is 1.97 bits per heavy atom. The maximum atomic E-state index is 13.5. The number of piperidine rings is 1. The molecule has 0 aliphatic carbocycles. The molecule has 6 rings (SSSR count). The van der Waals surface area contributed by atoms with Crippen LogP contribution < -0.4 is 10.6 Å². The van der Waals surface area contributed by atoms with E-state index >= 15 is 0 Å². The fraction of sp³-hybridized carbons (Fsp3) is 0.522. The first-order valence-electron chi connectivity index (χ1n) is 11.1. The number of ether oxygens (including phenoxy) is 1. The molecule has 31 heavy (non-hydrogen) atoms. The number of fused-ring (bicyclic) bond motifs is 2. The van der Waals surface area contributed by atoms with E-state index in [0.29, 0.717) is 44.6 Å². The Morgan fingerprint density at radius 1 is 1.19 bits per heavy atom. The van der Waals surface area contributed by atoms with Gasteiger partial charge >= 0.3 is 0 Å². The van der Waals surface area contributed by atoms with Gasteiger partial charge in [0.15, 0.2) is 0 Å². The lowest BCUT2D eigenvalue weighted by Gasteiger charge is -2.46. The fourth-order valence-electron chi connectivity index (χ4n) is 6.06. The zero-order valence-electron chi connectivity index (χ0n) is 17.5. The minimum absolute atomic E-state index is 0.00934. The maximum absolute atomic E-state index is 13.5. The average molecular weight is 422 g/mol. The van der Waals surface area contributed by atoms with Crippen molar-refractivity contribution >= 4 is 23.4 Å². The zero-order valence-corrected chi connectivity index (χ0v) is 17.5. The van der Waals surface area contributed by atoms with Gasteiger partial charge in [-0.25, -0.2) is 0 Å². The summed E-state index contributed by atoms with van der Waals surface area (Å²) in [4.78, 5) is 42.7. The number of nitrogens with one attached hydrogen (secondary N) is 2. The first kappa shape index (κ1) is 18.9. The Morgan fingerprint density at radius 3 is 2.74 bits per heavy atom. The third-order valence-electron chi connectivity index (χ3n) is 7.67. The molecule has 4 atom stereocenters. The van der Waals surface area contributed by atoms with E-state index in [0.717, 1.165) is 5.69 Å². The summed E-state index contributed by atoms with van der Waals surface area (Å²) in [6.45, 7) is 4.15. The molecule has 5 aliphatic rings. The van der Waals surface area contributed by atoms with Crippen molar-refractivity contribution in [3.63, 3.8) is 0 Å². The number of likely N-dealkylation sites (tertiary alicyclic amines) is 2. The molecule has 8 heteroatoms. The summed E-state index contributed by atoms with van der Waals surface area (Å²) < 4.78 is 6.18. The van der Waals surface area contributed by atoms with E-state index in [1.165, 1.54) is 0 Å². The highest BCUT2D eigenvalue weighted by Crippen LogP contribution is 2.52. The Hall–Kier alpha value is -2.87. The minimum Gasteiger partial charge on any atom is -0.362 e. The van der Waals surface area contributed by atoms with Gasteiger partial charge in [0.25, 0.3) is 5.91 Å². The first-order valence-corrected chi connectivity index (χ1v) is 11.1. The molecule has 0 saturated carbocycles. The number of hydrogen-bond acceptors (Lipinski definition) is 5. The molecule has 1 aromatic rings. The third-order valence-corrected chi connectivity index (χ3v) is 7.67. The molecule has 3 saturated heterocycles. The molecular formula is C23H26N4O4. The third kappa shape index (κ3) is 2.54. The number of nitrogens with zero attached hydrogens (tertiary/aromatic N) is 2. The van der Waals surface area contributed by atoms with Crippen molar-refractivity contribution in [2.45, 2.75) is 37.1 Å². The molecule has 8 nitrogen and oxygen atoms in total. The van der Waals surface area contributed by atoms with Gasteiger partial charge in [-0.05, 0) is 19.1 Å². The van der Waals surface area contributed by atoms with Crippen molar-refractivity contribution in [2.24, 2.45) is 11.8 Å². The highest BCUT2D eigenvalue weighted by molar-refractivity contribution is 6.02. The number of carbonyl (C=O) groups is 3. The summed E-state index contributed by atoms with van der Waals surface area (Å²) in [5.74, 6) is -0.953. The quantitative estimate of drug-likeness (QED) is 0.693. The van der Waals surface area contributed by atoms with Gasteiger partial charge < -0.3 is 25.2 Å². The van der Waals surface area contributed by atoms with E-state index in [2.05, 4.69) is 10.6 Å². The van der Waals surface area contributed by atoms with Gasteiger partial charge in [-0.3, -0.25) is 14.4 Å². The van der Waals surface area contributed by atoms with Crippen LogP contribution in [0.3, 0.4) is 0 Å². The topological polar surface area (TPSA) is 91.0 Å². The minimum atomic E-state index is -0.641. The lowest BCUT2D eigenvalue weighted by molar-refractivity contribution is -0.144. The molecule has 3 amide bonds. The van der Waals surface area contributed by atoms with E-state index in [-0.39, 0.29) is 23.8 Å². The van der Waals surface area contributed by atoms with Crippen LogP contribution in [0.5, 0.6) is 0 Å². The molecule has 1 aromatic carbocycles. The van der Waals surface area contributed by atoms with Gasteiger partial charge in [-0.1, -0.05) is 24.3 Å². The predicted molar refractivity (Wildman–Crippen MR) is 112 cm³/mol. The second kappa shape index (κ2) is 6.32. The Labute approximate surface area is 180 Å². The summed E-state index contributed by atoms with van der Waals surface area (Å²) in [7, 11) is 0. The van der Waals surface area contributed by atoms with Gasteiger partial charge in [-0.2, -0.15) is 0 Å². The smallest absolute Gasteiger partial charge is 0.255 e. The van der Waals surface area contributed by atoms with Gasteiger partial charge in [0, 0.05) is 38.2 Å². The van der Waals surface area contributed by atoms with Crippen LogP contribution in [-0.4, -0.2) is 71.1 Å². The van der Waals surface area contributed by atoms with E-state index in [1.54, 1.807) is 11.0 Å². The Bertz CT molecular complexity index is 1010. The van der Waals surface area contributed by atoms with Gasteiger partial charge in [0.05, 0.1) is 30.0 Å². The van der Waals surface area contributed by atoms with Gasteiger partial charge in [-0.15, -0.1) is 0 Å². The van der Waals surface area contributed by atoms with E-state index < -0.39 is 23.1 Å². The summed E-state index contributed by atoms with van der Waals surface area (Å²) in [5, 5.41) is 6.60. The first-order chi connectivity index (χ1) is 15.0. The molecule has 0 unspecified atom stereocenters. The van der Waals surface area contributed by atoms with Crippen LogP contribution in [-0.2, 0) is 14.3 Å². The zero-order chi connectivity index (χ0) is 21.4. The monoisotopic (exact) mass is 422 g/mol. The summed E-state index contributed by atoms with van der Waals surface area (Å²) in [6.07, 6.45) is 4.84. The van der Waals surface area contributed by atoms with Crippen LogP contribution in [0.15, 0.2) is 36.4 Å². The lowest BCUT2D eigenvalue weighted by atomic mass is 9.76. The molecule has 5 heterocycles. The highest BCUT2D eigenvalue weighted by atomic mass is 16.5. The molecule has 2 N–H and O–H groups in total. The summed E-state index contributed by atoms with van der Waals surface area (Å²) in [5.41, 5.74) is 0.285. The number of rotatable bonds is 2. The number of hydrogen-bond donors (Lipinski definition) is 2. The number of anilines is 1. The fourth-order valence-corrected chi connectivity index (χ4v) is 6.06. The highest BCUT2D eigenvalue weighted by Gasteiger charge is 2.67. The van der Waals surface area contributed by atoms with Crippen LogP contribution in [0.1, 0.15) is 30.1 Å². The Kier molecular flexibility index (Phi) is 3.85. The van der Waals surface area contributed by atoms with Crippen LogP contribution in [0.25, 0.3) is 0 Å². The largest absolute Gasteiger partial charge is 0.362 e. The lowest BCUT2D eigenvalue weighted by Crippen LogP contribution is -2.63. The molecule has 0 aromatic heterocycles. The second-order valence-corrected chi connectivity index (χ2v) is 9.28. The van der Waals surface area contributed by atoms with Gasteiger partial charge in [0.1, 0.15) is 11.3 Å². The number of likely N-dealkylation sites (N-methyl/N-ethyl adjacent to an activating group) is 1. The standard InChI is InChI=1S/C23H26N4O4/c1-2-26-13-22-8-7-16(31-22)17(18(22)21(26)30)20(29)27-11-9-23(10-12-27)24-15-6-4-3-5-14(15)19(28)25-23/h3-8,16-18,24H,2,9-13H2,1H3,(H,25,28)/t16-,17+,18+,22-/m1/s1. The molecule has 5 aliphatic heterocycles. The predicted octanol–water partition coefficient (Wildman–Crippen LogP) is 0.963. The van der Waals surface area contributed by atoms with E-state index in [4.69, 9.17) is 4.74 Å². The van der Waals surface area contributed by atoms with Crippen LogP contribution >= 0.6 is 0 Å². The average Bonchev–Trinajstić information content (AvgIpc) is 3.42. The molecule has 2 spiro atoms. The number of para-hydroxylation sites is 1. The molecule has 162 valence electrons. The number of benzene rings is 1.